The molecular formula is C24H15Cl2N3. The summed E-state index contributed by atoms with van der Waals surface area (Å²) in [5, 5.41) is 1.90. The zero-order chi connectivity index (χ0) is 19.8. The topological polar surface area (TPSA) is 30.7 Å². The van der Waals surface area contributed by atoms with Crippen molar-refractivity contribution in [3.8, 4) is 28.1 Å². The number of aromatic nitrogens is 3. The van der Waals surface area contributed by atoms with Crippen molar-refractivity contribution in [3.63, 3.8) is 0 Å². The van der Waals surface area contributed by atoms with Crippen molar-refractivity contribution in [3.05, 3.63) is 101 Å². The summed E-state index contributed by atoms with van der Waals surface area (Å²) in [6.45, 7) is 0. The molecule has 0 saturated carbocycles. The number of hydrogen-bond acceptors (Lipinski definition) is 2. The Morgan fingerprint density at radius 2 is 1.38 bits per heavy atom. The van der Waals surface area contributed by atoms with Crippen LogP contribution in [0.2, 0.25) is 10.2 Å². The second kappa shape index (κ2) is 7.36. The molecule has 5 heteroatoms. The summed E-state index contributed by atoms with van der Waals surface area (Å²) in [6, 6.07) is 28.2. The number of rotatable bonds is 3. The minimum absolute atomic E-state index is 0.423. The lowest BCUT2D eigenvalue weighted by atomic mass is 9.99. The fourth-order valence-corrected chi connectivity index (χ4v) is 4.11. The fraction of sp³-hybridized carbons (Fsp3) is 0. The Labute approximate surface area is 178 Å². The van der Waals surface area contributed by atoms with E-state index in [1.54, 1.807) is 0 Å². The minimum Gasteiger partial charge on any atom is -0.293 e. The SMILES string of the molecule is Clc1cccc(-n2c(-c3ccccc3)c(-c3ccccc3)c3c(Cl)ncnc32)c1. The van der Waals surface area contributed by atoms with Gasteiger partial charge in [-0.2, -0.15) is 0 Å². The maximum Gasteiger partial charge on any atom is 0.150 e. The number of halogens is 2. The van der Waals surface area contributed by atoms with Crippen LogP contribution in [0, 0.1) is 0 Å². The predicted molar refractivity (Wildman–Crippen MR) is 120 cm³/mol. The number of nitrogens with zero attached hydrogens (tertiary/aromatic N) is 3. The highest BCUT2D eigenvalue weighted by molar-refractivity contribution is 6.35. The van der Waals surface area contributed by atoms with Crippen LogP contribution in [-0.2, 0) is 0 Å². The first-order chi connectivity index (χ1) is 14.2. The summed E-state index contributed by atoms with van der Waals surface area (Å²) < 4.78 is 2.10. The van der Waals surface area contributed by atoms with Crippen LogP contribution >= 0.6 is 23.2 Å². The number of hydrogen-bond donors (Lipinski definition) is 0. The first kappa shape index (κ1) is 17.9. The first-order valence-electron chi connectivity index (χ1n) is 9.16. The molecule has 3 aromatic carbocycles. The van der Waals surface area contributed by atoms with Crippen molar-refractivity contribution >= 4 is 34.2 Å². The average Bonchev–Trinajstić information content (AvgIpc) is 3.11. The number of benzene rings is 3. The molecule has 3 nitrogen and oxygen atoms in total. The molecule has 0 saturated heterocycles. The lowest BCUT2D eigenvalue weighted by Crippen LogP contribution is -1.99. The molecule has 0 atom stereocenters. The number of fused-ring (bicyclic) bond motifs is 1. The second-order valence-corrected chi connectivity index (χ2v) is 7.43. The Morgan fingerprint density at radius 1 is 0.690 bits per heavy atom. The molecule has 0 unspecified atom stereocenters. The third-order valence-corrected chi connectivity index (χ3v) is 5.40. The van der Waals surface area contributed by atoms with Gasteiger partial charge in [0.15, 0.2) is 5.65 Å². The molecule has 0 aliphatic carbocycles. The Bertz CT molecular complexity index is 1310. The fourth-order valence-electron chi connectivity index (χ4n) is 3.70. The molecule has 5 aromatic rings. The molecule has 140 valence electrons. The van der Waals surface area contributed by atoms with Gasteiger partial charge in [-0.1, -0.05) is 89.9 Å². The molecule has 0 spiro atoms. The summed E-state index contributed by atoms with van der Waals surface area (Å²) in [5.74, 6) is 0. The third kappa shape index (κ3) is 3.09. The van der Waals surface area contributed by atoms with E-state index >= 15 is 0 Å². The lowest BCUT2D eigenvalue weighted by molar-refractivity contribution is 1.08. The van der Waals surface area contributed by atoms with Crippen LogP contribution in [0.5, 0.6) is 0 Å². The Balaban J connectivity index is 2.00. The van der Waals surface area contributed by atoms with Gasteiger partial charge in [-0.3, -0.25) is 4.57 Å². The molecule has 0 bridgehead atoms. The van der Waals surface area contributed by atoms with Crippen molar-refractivity contribution in [2.24, 2.45) is 0 Å². The third-order valence-electron chi connectivity index (χ3n) is 4.88. The van der Waals surface area contributed by atoms with Gasteiger partial charge in [-0.25, -0.2) is 9.97 Å². The van der Waals surface area contributed by atoms with Gasteiger partial charge in [0.05, 0.1) is 11.1 Å². The standard InChI is InChI=1S/C24H15Cl2N3/c25-18-12-7-13-19(14-18)29-22(17-10-5-2-6-11-17)20(16-8-3-1-4-9-16)21-23(26)27-15-28-24(21)29/h1-15H. The van der Waals surface area contributed by atoms with Crippen LogP contribution in [0.1, 0.15) is 0 Å². The van der Waals surface area contributed by atoms with Crippen molar-refractivity contribution in [2.45, 2.75) is 0 Å². The van der Waals surface area contributed by atoms with E-state index in [-0.39, 0.29) is 0 Å². The normalized spacial score (nSPS) is 11.1. The smallest absolute Gasteiger partial charge is 0.150 e. The van der Waals surface area contributed by atoms with Crippen molar-refractivity contribution < 1.29 is 0 Å². The highest BCUT2D eigenvalue weighted by Gasteiger charge is 2.24. The van der Waals surface area contributed by atoms with E-state index in [4.69, 9.17) is 23.2 Å². The average molecular weight is 416 g/mol. The predicted octanol–water partition coefficient (Wildman–Crippen LogP) is 7.06. The van der Waals surface area contributed by atoms with Crippen LogP contribution < -0.4 is 0 Å². The largest absolute Gasteiger partial charge is 0.293 e. The Hall–Kier alpha value is -3.14. The monoisotopic (exact) mass is 415 g/mol. The van der Waals surface area contributed by atoms with Crippen LogP contribution in [0.4, 0.5) is 0 Å². The van der Waals surface area contributed by atoms with E-state index in [0.29, 0.717) is 10.2 Å². The van der Waals surface area contributed by atoms with Gasteiger partial charge in [-0.15, -0.1) is 0 Å². The molecule has 5 rings (SSSR count). The zero-order valence-electron chi connectivity index (χ0n) is 15.3. The van der Waals surface area contributed by atoms with E-state index < -0.39 is 0 Å². The van der Waals surface area contributed by atoms with Crippen molar-refractivity contribution in [2.75, 3.05) is 0 Å². The molecule has 0 amide bonds. The molecule has 0 N–H and O–H groups in total. The van der Waals surface area contributed by atoms with Gasteiger partial charge in [0, 0.05) is 16.3 Å². The highest BCUT2D eigenvalue weighted by atomic mass is 35.5. The summed E-state index contributed by atoms with van der Waals surface area (Å²) in [5.41, 5.74) is 5.76. The van der Waals surface area contributed by atoms with Crippen LogP contribution in [0.3, 0.4) is 0 Å². The molecule has 0 aliphatic rings. The highest BCUT2D eigenvalue weighted by Crippen LogP contribution is 2.44. The van der Waals surface area contributed by atoms with Gasteiger partial charge in [0.1, 0.15) is 11.5 Å². The van der Waals surface area contributed by atoms with Gasteiger partial charge < -0.3 is 0 Å². The van der Waals surface area contributed by atoms with Crippen LogP contribution in [0.15, 0.2) is 91.3 Å². The van der Waals surface area contributed by atoms with Gasteiger partial charge in [0.25, 0.3) is 0 Å². The Kier molecular flexibility index (Phi) is 4.55. The van der Waals surface area contributed by atoms with Crippen LogP contribution in [-0.4, -0.2) is 14.5 Å². The van der Waals surface area contributed by atoms with E-state index in [1.807, 2.05) is 60.7 Å². The van der Waals surface area contributed by atoms with E-state index in [2.05, 4.69) is 38.8 Å². The van der Waals surface area contributed by atoms with Crippen molar-refractivity contribution in [1.29, 1.82) is 0 Å². The second-order valence-electron chi connectivity index (χ2n) is 6.63. The molecule has 29 heavy (non-hydrogen) atoms. The molecule has 0 radical (unpaired) electrons. The van der Waals surface area contributed by atoms with E-state index in [0.717, 1.165) is 39.1 Å². The van der Waals surface area contributed by atoms with E-state index in [1.165, 1.54) is 6.33 Å². The van der Waals surface area contributed by atoms with E-state index in [9.17, 15) is 0 Å². The maximum atomic E-state index is 6.61. The zero-order valence-corrected chi connectivity index (χ0v) is 16.8. The van der Waals surface area contributed by atoms with Gasteiger partial charge in [-0.05, 0) is 29.3 Å². The summed E-state index contributed by atoms with van der Waals surface area (Å²) >= 11 is 12.9. The van der Waals surface area contributed by atoms with Gasteiger partial charge in [0.2, 0.25) is 0 Å². The summed E-state index contributed by atoms with van der Waals surface area (Å²) in [6.07, 6.45) is 1.50. The quantitative estimate of drug-likeness (QED) is 0.295. The van der Waals surface area contributed by atoms with Gasteiger partial charge >= 0.3 is 0 Å². The molecule has 0 aliphatic heterocycles. The summed E-state index contributed by atoms with van der Waals surface area (Å²) in [7, 11) is 0. The summed E-state index contributed by atoms with van der Waals surface area (Å²) in [4.78, 5) is 8.87. The molecular weight excluding hydrogens is 401 g/mol. The molecule has 2 heterocycles. The Morgan fingerprint density at radius 3 is 2.07 bits per heavy atom. The maximum absolute atomic E-state index is 6.61. The van der Waals surface area contributed by atoms with Crippen LogP contribution in [0.25, 0.3) is 39.1 Å². The lowest BCUT2D eigenvalue weighted by Gasteiger charge is -2.13. The molecule has 0 fully saturated rings. The first-order valence-corrected chi connectivity index (χ1v) is 9.91. The molecule has 2 aromatic heterocycles. The minimum atomic E-state index is 0.423. The van der Waals surface area contributed by atoms with Crippen molar-refractivity contribution in [1.82, 2.24) is 14.5 Å².